The summed E-state index contributed by atoms with van der Waals surface area (Å²) in [5.74, 6) is -0.0601. The number of amides is 3. The molecule has 1 aromatic carbocycles. The average Bonchev–Trinajstić information content (AvgIpc) is 2.46. The fraction of sp³-hybridized carbons (Fsp3) is 0.429. The molecule has 116 valence electrons. The maximum Gasteiger partial charge on any atom is 0.319 e. The number of rotatable bonds is 8. The van der Waals surface area contributed by atoms with Crippen molar-refractivity contribution in [2.75, 3.05) is 32.0 Å². The first-order valence-electron chi connectivity index (χ1n) is 6.83. The van der Waals surface area contributed by atoms with E-state index in [1.54, 1.807) is 12.1 Å². The molecule has 0 aliphatic heterocycles. The number of carbonyl (C=O) groups excluding carboxylic acids is 2. The van der Waals surface area contributed by atoms with E-state index in [9.17, 15) is 9.59 Å². The lowest BCUT2D eigenvalue weighted by Gasteiger charge is -2.08. The normalized spacial score (nSPS) is 10.0. The maximum atomic E-state index is 11.6. The SMILES string of the molecule is CNCCCNC(=O)CCNC(=O)Nc1ccc(Br)cc1. The highest BCUT2D eigenvalue weighted by molar-refractivity contribution is 9.10. The molecule has 0 heterocycles. The van der Waals surface area contributed by atoms with Crippen molar-refractivity contribution < 1.29 is 9.59 Å². The molecular weight excluding hydrogens is 336 g/mol. The summed E-state index contributed by atoms with van der Waals surface area (Å²) in [6.45, 7) is 1.82. The lowest BCUT2D eigenvalue weighted by atomic mass is 10.3. The zero-order chi connectivity index (χ0) is 15.5. The summed E-state index contributed by atoms with van der Waals surface area (Å²) in [6.07, 6.45) is 1.16. The monoisotopic (exact) mass is 356 g/mol. The predicted molar refractivity (Wildman–Crippen MR) is 87.3 cm³/mol. The molecule has 0 spiro atoms. The maximum absolute atomic E-state index is 11.6. The van der Waals surface area contributed by atoms with Crippen LogP contribution in [0.1, 0.15) is 12.8 Å². The third-order valence-corrected chi connectivity index (χ3v) is 3.19. The third-order valence-electron chi connectivity index (χ3n) is 2.67. The van der Waals surface area contributed by atoms with E-state index in [1.807, 2.05) is 19.2 Å². The predicted octanol–water partition coefficient (Wildman–Crippen LogP) is 1.69. The quantitative estimate of drug-likeness (QED) is 0.535. The van der Waals surface area contributed by atoms with E-state index < -0.39 is 0 Å². The van der Waals surface area contributed by atoms with Gasteiger partial charge in [0.2, 0.25) is 5.91 Å². The number of anilines is 1. The Labute approximate surface area is 133 Å². The first-order valence-corrected chi connectivity index (χ1v) is 7.63. The van der Waals surface area contributed by atoms with Crippen LogP contribution in [0.5, 0.6) is 0 Å². The Morgan fingerprint density at radius 2 is 1.76 bits per heavy atom. The minimum absolute atomic E-state index is 0.0601. The Bertz CT molecular complexity index is 451. The van der Waals surface area contributed by atoms with Crippen molar-refractivity contribution >= 4 is 33.6 Å². The summed E-state index contributed by atoms with van der Waals surface area (Å²) in [4.78, 5) is 23.1. The summed E-state index contributed by atoms with van der Waals surface area (Å²) in [5, 5.41) is 11.1. The molecule has 0 aromatic heterocycles. The lowest BCUT2D eigenvalue weighted by Crippen LogP contribution is -2.34. The molecule has 0 aliphatic rings. The molecule has 4 N–H and O–H groups in total. The number of urea groups is 1. The van der Waals surface area contributed by atoms with Gasteiger partial charge in [-0.1, -0.05) is 15.9 Å². The molecule has 0 saturated heterocycles. The van der Waals surface area contributed by atoms with E-state index in [0.717, 1.165) is 17.4 Å². The first kappa shape index (κ1) is 17.5. The fourth-order valence-corrected chi connectivity index (χ4v) is 1.84. The van der Waals surface area contributed by atoms with Crippen LogP contribution in [-0.4, -0.2) is 38.6 Å². The summed E-state index contributed by atoms with van der Waals surface area (Å²) in [6, 6.07) is 6.94. The van der Waals surface area contributed by atoms with E-state index in [0.29, 0.717) is 18.8 Å². The second kappa shape index (κ2) is 10.2. The van der Waals surface area contributed by atoms with Gasteiger partial charge in [0.05, 0.1) is 0 Å². The van der Waals surface area contributed by atoms with Crippen LogP contribution in [0.2, 0.25) is 0 Å². The molecule has 7 heteroatoms. The zero-order valence-corrected chi connectivity index (χ0v) is 13.6. The number of nitrogens with one attached hydrogen (secondary N) is 4. The van der Waals surface area contributed by atoms with Gasteiger partial charge in [0, 0.05) is 29.7 Å². The summed E-state index contributed by atoms with van der Waals surface area (Å²) < 4.78 is 0.948. The molecule has 3 amide bonds. The van der Waals surface area contributed by atoms with Gasteiger partial charge in [0.15, 0.2) is 0 Å². The molecule has 0 atom stereocenters. The molecule has 0 bridgehead atoms. The van der Waals surface area contributed by atoms with Gasteiger partial charge in [0.25, 0.3) is 0 Å². The van der Waals surface area contributed by atoms with Crippen molar-refractivity contribution in [2.24, 2.45) is 0 Å². The van der Waals surface area contributed by atoms with Gasteiger partial charge in [-0.15, -0.1) is 0 Å². The van der Waals surface area contributed by atoms with Crippen LogP contribution < -0.4 is 21.3 Å². The Kier molecular flexibility index (Phi) is 8.45. The van der Waals surface area contributed by atoms with Crippen molar-refractivity contribution in [2.45, 2.75) is 12.8 Å². The third kappa shape index (κ3) is 8.31. The van der Waals surface area contributed by atoms with Crippen molar-refractivity contribution in [3.63, 3.8) is 0 Å². The standard InChI is InChI=1S/C14H21BrN4O2/c1-16-8-2-9-17-13(20)7-10-18-14(21)19-12-5-3-11(15)4-6-12/h3-6,16H,2,7-10H2,1H3,(H,17,20)(H2,18,19,21). The van der Waals surface area contributed by atoms with Crippen LogP contribution in [0, 0.1) is 0 Å². The zero-order valence-electron chi connectivity index (χ0n) is 12.0. The van der Waals surface area contributed by atoms with E-state index in [2.05, 4.69) is 37.2 Å². The highest BCUT2D eigenvalue weighted by Gasteiger charge is 2.04. The lowest BCUT2D eigenvalue weighted by molar-refractivity contribution is -0.120. The van der Waals surface area contributed by atoms with Crippen LogP contribution in [0.15, 0.2) is 28.7 Å². The van der Waals surface area contributed by atoms with E-state index >= 15 is 0 Å². The minimum atomic E-state index is -0.319. The fourth-order valence-electron chi connectivity index (χ4n) is 1.58. The Balaban J connectivity index is 2.12. The number of hydrogen-bond acceptors (Lipinski definition) is 3. The second-order valence-electron chi connectivity index (χ2n) is 4.44. The van der Waals surface area contributed by atoms with Crippen molar-refractivity contribution in [3.05, 3.63) is 28.7 Å². The largest absolute Gasteiger partial charge is 0.356 e. The molecule has 1 aromatic rings. The molecule has 6 nitrogen and oxygen atoms in total. The van der Waals surface area contributed by atoms with E-state index in [4.69, 9.17) is 0 Å². The van der Waals surface area contributed by atoms with E-state index in [-0.39, 0.29) is 18.4 Å². The Morgan fingerprint density at radius 1 is 1.05 bits per heavy atom. The summed E-state index contributed by atoms with van der Waals surface area (Å²) in [7, 11) is 1.87. The van der Waals surface area contributed by atoms with Crippen LogP contribution in [0.25, 0.3) is 0 Å². The number of benzene rings is 1. The van der Waals surface area contributed by atoms with Gasteiger partial charge in [-0.3, -0.25) is 4.79 Å². The highest BCUT2D eigenvalue weighted by atomic mass is 79.9. The van der Waals surface area contributed by atoms with Crippen molar-refractivity contribution in [3.8, 4) is 0 Å². The van der Waals surface area contributed by atoms with E-state index in [1.165, 1.54) is 0 Å². The smallest absolute Gasteiger partial charge is 0.319 e. The van der Waals surface area contributed by atoms with Gasteiger partial charge in [0.1, 0.15) is 0 Å². The number of carbonyl (C=O) groups is 2. The van der Waals surface area contributed by atoms with Gasteiger partial charge < -0.3 is 21.3 Å². The highest BCUT2D eigenvalue weighted by Crippen LogP contribution is 2.13. The molecular formula is C14H21BrN4O2. The Hall–Kier alpha value is -1.60. The number of hydrogen-bond donors (Lipinski definition) is 4. The van der Waals surface area contributed by atoms with Gasteiger partial charge in [-0.2, -0.15) is 0 Å². The first-order chi connectivity index (χ1) is 10.1. The van der Waals surface area contributed by atoms with Gasteiger partial charge in [-0.05, 0) is 44.3 Å². The topological polar surface area (TPSA) is 82.3 Å². The molecule has 0 fully saturated rings. The van der Waals surface area contributed by atoms with Crippen molar-refractivity contribution in [1.29, 1.82) is 0 Å². The van der Waals surface area contributed by atoms with Crippen LogP contribution >= 0.6 is 15.9 Å². The van der Waals surface area contributed by atoms with Gasteiger partial charge >= 0.3 is 6.03 Å². The molecule has 0 saturated carbocycles. The molecule has 0 radical (unpaired) electrons. The molecule has 1 rings (SSSR count). The second-order valence-corrected chi connectivity index (χ2v) is 5.36. The van der Waals surface area contributed by atoms with Crippen LogP contribution in [0.3, 0.4) is 0 Å². The van der Waals surface area contributed by atoms with Crippen molar-refractivity contribution in [1.82, 2.24) is 16.0 Å². The van der Waals surface area contributed by atoms with Gasteiger partial charge in [-0.25, -0.2) is 4.79 Å². The van der Waals surface area contributed by atoms with Crippen LogP contribution in [-0.2, 0) is 4.79 Å². The molecule has 0 unspecified atom stereocenters. The number of halogens is 1. The summed E-state index contributed by atoms with van der Waals surface area (Å²) in [5.41, 5.74) is 0.701. The molecule has 21 heavy (non-hydrogen) atoms. The summed E-state index contributed by atoms with van der Waals surface area (Å²) >= 11 is 3.32. The molecule has 0 aliphatic carbocycles. The van der Waals surface area contributed by atoms with Crippen LogP contribution in [0.4, 0.5) is 10.5 Å². The Morgan fingerprint density at radius 3 is 2.43 bits per heavy atom. The minimum Gasteiger partial charge on any atom is -0.356 e. The average molecular weight is 357 g/mol.